The third-order valence-corrected chi connectivity index (χ3v) is 2.51. The van der Waals surface area contributed by atoms with E-state index >= 15 is 0 Å². The second-order valence-electron chi connectivity index (χ2n) is 3.71. The minimum Gasteiger partial charge on any atom is -0.464 e. The highest BCUT2D eigenvalue weighted by Crippen LogP contribution is 2.17. The molecule has 1 amide bonds. The van der Waals surface area contributed by atoms with Crippen LogP contribution in [-0.2, 0) is 19.1 Å². The van der Waals surface area contributed by atoms with Crippen molar-refractivity contribution < 1.29 is 19.1 Å². The fraction of sp³-hybridized carbons (Fsp3) is 0.727. The molecule has 0 N–H and O–H groups in total. The Labute approximate surface area is 94.7 Å². The number of likely N-dealkylation sites (tertiary alicyclic amines) is 1. The summed E-state index contributed by atoms with van der Waals surface area (Å²) in [6.45, 7) is 4.12. The number of ether oxygens (including phenoxy) is 1. The number of amides is 1. The van der Waals surface area contributed by atoms with Crippen LogP contribution in [0.4, 0.5) is 0 Å². The Balaban J connectivity index is 2.73. The monoisotopic (exact) mass is 227 g/mol. The number of Topliss-reactive ketones (excluding diaryl/α,β-unsaturated/α-hetero) is 1. The minimum absolute atomic E-state index is 0.147. The fourth-order valence-corrected chi connectivity index (χ4v) is 1.78. The molecule has 1 heterocycles. The van der Waals surface area contributed by atoms with Crippen LogP contribution in [0.5, 0.6) is 0 Å². The van der Waals surface area contributed by atoms with Gasteiger partial charge in [-0.05, 0) is 13.3 Å². The second-order valence-corrected chi connectivity index (χ2v) is 3.71. The van der Waals surface area contributed by atoms with Gasteiger partial charge in [0, 0.05) is 19.4 Å². The molecule has 0 spiro atoms. The highest BCUT2D eigenvalue weighted by molar-refractivity contribution is 6.07. The van der Waals surface area contributed by atoms with E-state index in [-0.39, 0.29) is 24.7 Å². The number of carbonyl (C=O) groups is 3. The third-order valence-electron chi connectivity index (χ3n) is 2.51. The van der Waals surface area contributed by atoms with Crippen molar-refractivity contribution in [1.29, 1.82) is 0 Å². The topological polar surface area (TPSA) is 63.7 Å². The predicted octanol–water partition coefficient (Wildman–Crippen LogP) is 0.520. The number of hydrogen-bond donors (Lipinski definition) is 0. The summed E-state index contributed by atoms with van der Waals surface area (Å²) in [5, 5.41) is 0. The predicted molar refractivity (Wildman–Crippen MR) is 56.7 cm³/mol. The van der Waals surface area contributed by atoms with Crippen molar-refractivity contribution in [3.63, 3.8) is 0 Å². The number of hydrogen-bond acceptors (Lipinski definition) is 4. The van der Waals surface area contributed by atoms with E-state index in [1.165, 1.54) is 4.90 Å². The Bertz CT molecular complexity index is 300. The number of nitrogens with zero attached hydrogens (tertiary/aromatic N) is 1. The molecule has 0 aliphatic carbocycles. The molecule has 1 atom stereocenters. The molecule has 1 aliphatic heterocycles. The molecular weight excluding hydrogens is 210 g/mol. The zero-order chi connectivity index (χ0) is 12.1. The largest absolute Gasteiger partial charge is 0.464 e. The van der Waals surface area contributed by atoms with E-state index in [4.69, 9.17) is 4.74 Å². The molecule has 5 heteroatoms. The highest BCUT2D eigenvalue weighted by atomic mass is 16.5. The first-order valence-electron chi connectivity index (χ1n) is 5.60. The lowest BCUT2D eigenvalue weighted by atomic mass is 10.2. The second kappa shape index (κ2) is 5.63. The summed E-state index contributed by atoms with van der Waals surface area (Å²) < 4.78 is 4.80. The van der Waals surface area contributed by atoms with E-state index in [1.807, 2.05) is 6.92 Å². The molecule has 16 heavy (non-hydrogen) atoms. The summed E-state index contributed by atoms with van der Waals surface area (Å²) in [5.74, 6) is -0.969. The van der Waals surface area contributed by atoms with Gasteiger partial charge in [0.15, 0.2) is 11.8 Å². The summed E-state index contributed by atoms with van der Waals surface area (Å²) in [5.41, 5.74) is 0. The van der Waals surface area contributed by atoms with Crippen LogP contribution < -0.4 is 0 Å². The summed E-state index contributed by atoms with van der Waals surface area (Å²) >= 11 is 0. The van der Waals surface area contributed by atoms with E-state index in [0.29, 0.717) is 19.4 Å². The smallest absolute Gasteiger partial charge is 0.336 e. The van der Waals surface area contributed by atoms with Gasteiger partial charge >= 0.3 is 5.97 Å². The zero-order valence-electron chi connectivity index (χ0n) is 9.69. The van der Waals surface area contributed by atoms with Gasteiger partial charge in [-0.3, -0.25) is 9.59 Å². The molecule has 1 rings (SSSR count). The van der Waals surface area contributed by atoms with Crippen molar-refractivity contribution in [3.8, 4) is 0 Å². The van der Waals surface area contributed by atoms with Crippen molar-refractivity contribution in [2.24, 2.45) is 0 Å². The summed E-state index contributed by atoms with van der Waals surface area (Å²) in [7, 11) is 0. The maximum Gasteiger partial charge on any atom is 0.336 e. The van der Waals surface area contributed by atoms with Crippen LogP contribution in [-0.4, -0.2) is 41.8 Å². The van der Waals surface area contributed by atoms with Crippen LogP contribution in [0, 0.1) is 0 Å². The first-order chi connectivity index (χ1) is 7.61. The van der Waals surface area contributed by atoms with Crippen molar-refractivity contribution in [2.45, 2.75) is 39.2 Å². The molecule has 0 bridgehead atoms. The lowest BCUT2D eigenvalue weighted by molar-refractivity contribution is -0.155. The van der Waals surface area contributed by atoms with Gasteiger partial charge in [-0.15, -0.1) is 0 Å². The Morgan fingerprint density at radius 2 is 2.12 bits per heavy atom. The molecule has 5 nitrogen and oxygen atoms in total. The van der Waals surface area contributed by atoms with Gasteiger partial charge in [0.05, 0.1) is 6.61 Å². The van der Waals surface area contributed by atoms with Crippen molar-refractivity contribution in [2.75, 3.05) is 13.2 Å². The maximum atomic E-state index is 11.7. The van der Waals surface area contributed by atoms with E-state index in [2.05, 4.69) is 0 Å². The van der Waals surface area contributed by atoms with E-state index in [9.17, 15) is 14.4 Å². The van der Waals surface area contributed by atoms with Crippen LogP contribution >= 0.6 is 0 Å². The molecule has 0 aromatic heterocycles. The molecule has 0 aromatic carbocycles. The van der Waals surface area contributed by atoms with Gasteiger partial charge in [-0.25, -0.2) is 4.79 Å². The Morgan fingerprint density at radius 1 is 1.44 bits per heavy atom. The van der Waals surface area contributed by atoms with Crippen LogP contribution in [0.1, 0.15) is 33.1 Å². The average molecular weight is 227 g/mol. The van der Waals surface area contributed by atoms with Gasteiger partial charge < -0.3 is 9.64 Å². The average Bonchev–Trinajstić information content (AvgIpc) is 2.61. The zero-order valence-corrected chi connectivity index (χ0v) is 9.69. The van der Waals surface area contributed by atoms with Crippen LogP contribution in [0.25, 0.3) is 0 Å². The Hall–Kier alpha value is -1.39. The van der Waals surface area contributed by atoms with Crippen molar-refractivity contribution >= 4 is 17.7 Å². The SMILES string of the molecule is CCCC(=O)N1CCC(=O)C1C(=O)OCC. The summed E-state index contributed by atoms with van der Waals surface area (Å²) in [6.07, 6.45) is 1.32. The third kappa shape index (κ3) is 2.59. The first kappa shape index (κ1) is 12.7. The van der Waals surface area contributed by atoms with E-state index < -0.39 is 12.0 Å². The van der Waals surface area contributed by atoms with Gasteiger partial charge in [0.2, 0.25) is 5.91 Å². The van der Waals surface area contributed by atoms with Crippen molar-refractivity contribution in [1.82, 2.24) is 4.90 Å². The molecule has 0 saturated carbocycles. The van der Waals surface area contributed by atoms with Gasteiger partial charge in [-0.2, -0.15) is 0 Å². The molecule has 1 fully saturated rings. The number of ketones is 1. The number of esters is 1. The van der Waals surface area contributed by atoms with Crippen LogP contribution in [0.3, 0.4) is 0 Å². The minimum atomic E-state index is -1.00. The molecule has 0 aromatic rings. The quantitative estimate of drug-likeness (QED) is 0.519. The van der Waals surface area contributed by atoms with E-state index in [1.54, 1.807) is 6.92 Å². The van der Waals surface area contributed by atoms with Gasteiger partial charge in [0.25, 0.3) is 0 Å². The number of carbonyl (C=O) groups excluding carboxylic acids is 3. The number of rotatable bonds is 4. The van der Waals surface area contributed by atoms with Gasteiger partial charge in [-0.1, -0.05) is 6.92 Å². The first-order valence-corrected chi connectivity index (χ1v) is 5.60. The highest BCUT2D eigenvalue weighted by Gasteiger charge is 2.41. The normalized spacial score (nSPS) is 20.0. The molecule has 1 unspecified atom stereocenters. The maximum absolute atomic E-state index is 11.7. The lowest BCUT2D eigenvalue weighted by Crippen LogP contribution is -2.44. The van der Waals surface area contributed by atoms with Crippen LogP contribution in [0.15, 0.2) is 0 Å². The molecule has 0 radical (unpaired) electrons. The molecule has 1 aliphatic rings. The molecule has 1 saturated heterocycles. The van der Waals surface area contributed by atoms with Crippen LogP contribution in [0.2, 0.25) is 0 Å². The standard InChI is InChI=1S/C11H17NO4/c1-3-5-9(14)12-7-6-8(13)10(12)11(15)16-4-2/h10H,3-7H2,1-2H3. The molecular formula is C11H17NO4. The summed E-state index contributed by atoms with van der Waals surface area (Å²) in [4.78, 5) is 36.1. The Morgan fingerprint density at radius 3 is 2.69 bits per heavy atom. The van der Waals surface area contributed by atoms with E-state index in [0.717, 1.165) is 0 Å². The van der Waals surface area contributed by atoms with Gasteiger partial charge in [0.1, 0.15) is 0 Å². The lowest BCUT2D eigenvalue weighted by Gasteiger charge is -2.21. The Kier molecular flexibility index (Phi) is 4.46. The van der Waals surface area contributed by atoms with Crippen molar-refractivity contribution in [3.05, 3.63) is 0 Å². The summed E-state index contributed by atoms with van der Waals surface area (Å²) in [6, 6.07) is -1.00. The molecule has 90 valence electrons. The fourth-order valence-electron chi connectivity index (χ4n) is 1.78.